The predicted octanol–water partition coefficient (Wildman–Crippen LogP) is 3.03. The Bertz CT molecular complexity index is 824. The highest BCUT2D eigenvalue weighted by Crippen LogP contribution is 2.32. The van der Waals surface area contributed by atoms with Crippen molar-refractivity contribution in [3.05, 3.63) is 44.8 Å². The van der Waals surface area contributed by atoms with Crippen LogP contribution >= 0.6 is 0 Å². The van der Waals surface area contributed by atoms with Gasteiger partial charge in [0.25, 0.3) is 5.91 Å². The fraction of sp³-hybridized carbons (Fsp3) is 0.375. The molecule has 0 saturated carbocycles. The molecule has 0 aliphatic carbocycles. The Balaban J connectivity index is 2.43. The molecule has 1 amide bonds. The molecule has 0 fully saturated rings. The Kier molecular flexibility index (Phi) is 4.59. The van der Waals surface area contributed by atoms with Crippen LogP contribution in [0.3, 0.4) is 0 Å². The normalized spacial score (nSPS) is 10.9. The number of nitrogens with one attached hydrogen (secondary N) is 1. The maximum atomic E-state index is 12.5. The maximum absolute atomic E-state index is 12.5. The van der Waals surface area contributed by atoms with Gasteiger partial charge in [-0.2, -0.15) is 5.10 Å². The number of hydrogen-bond donors (Lipinski definition) is 2. The van der Waals surface area contributed by atoms with E-state index in [1.807, 2.05) is 13.8 Å². The number of carbonyl (C=O) groups excluding carboxylic acids is 1. The van der Waals surface area contributed by atoms with Gasteiger partial charge in [0, 0.05) is 12.7 Å². The van der Waals surface area contributed by atoms with E-state index in [4.69, 9.17) is 0 Å². The van der Waals surface area contributed by atoms with Gasteiger partial charge in [-0.15, -0.1) is 0 Å². The smallest absolute Gasteiger partial charge is 0.322 e. The lowest BCUT2D eigenvalue weighted by Gasteiger charge is -2.14. The highest BCUT2D eigenvalue weighted by atomic mass is 16.6. The van der Waals surface area contributed by atoms with Crippen molar-refractivity contribution in [1.82, 2.24) is 9.78 Å². The van der Waals surface area contributed by atoms with Crippen LogP contribution in [0.2, 0.25) is 0 Å². The molecule has 0 spiro atoms. The lowest BCUT2D eigenvalue weighted by atomic mass is 9.99. The number of hydrogen-bond acceptors (Lipinski definition) is 5. The molecule has 0 bridgehead atoms. The van der Waals surface area contributed by atoms with E-state index in [1.54, 1.807) is 26.1 Å². The van der Waals surface area contributed by atoms with Crippen LogP contribution in [0, 0.1) is 24.0 Å². The van der Waals surface area contributed by atoms with E-state index in [0.29, 0.717) is 22.5 Å². The van der Waals surface area contributed by atoms with Gasteiger partial charge in [0.2, 0.25) is 5.69 Å². The van der Waals surface area contributed by atoms with Crippen LogP contribution in [0.15, 0.2) is 12.1 Å². The van der Waals surface area contributed by atoms with Crippen molar-refractivity contribution in [3.63, 3.8) is 0 Å². The van der Waals surface area contributed by atoms with E-state index in [0.717, 1.165) is 0 Å². The maximum Gasteiger partial charge on any atom is 0.322 e. The molecule has 0 aliphatic heterocycles. The molecule has 2 N–H and O–H groups in total. The fourth-order valence-corrected chi connectivity index (χ4v) is 2.46. The van der Waals surface area contributed by atoms with Crippen molar-refractivity contribution in [3.8, 4) is 5.75 Å². The number of phenolic OH excluding ortho intramolecular Hbond substituents is 1. The Hall–Kier alpha value is -2.90. The Morgan fingerprint density at radius 1 is 1.38 bits per heavy atom. The molecule has 0 unspecified atom stereocenters. The summed E-state index contributed by atoms with van der Waals surface area (Å²) in [7, 11) is 1.54. The van der Waals surface area contributed by atoms with Gasteiger partial charge in [-0.1, -0.05) is 13.8 Å². The van der Waals surface area contributed by atoms with Crippen molar-refractivity contribution in [2.45, 2.75) is 33.6 Å². The Labute approximate surface area is 139 Å². The largest absolute Gasteiger partial charge is 0.508 e. The third kappa shape index (κ3) is 3.08. The van der Waals surface area contributed by atoms with E-state index in [2.05, 4.69) is 10.4 Å². The van der Waals surface area contributed by atoms with E-state index >= 15 is 0 Å². The van der Waals surface area contributed by atoms with Gasteiger partial charge in [-0.3, -0.25) is 19.6 Å². The topological polar surface area (TPSA) is 110 Å². The third-order valence-electron chi connectivity index (χ3n) is 3.94. The van der Waals surface area contributed by atoms with Gasteiger partial charge in [0.1, 0.15) is 11.4 Å². The van der Waals surface area contributed by atoms with Gasteiger partial charge in [0.15, 0.2) is 0 Å². The van der Waals surface area contributed by atoms with E-state index in [-0.39, 0.29) is 23.0 Å². The molecule has 1 aromatic heterocycles. The number of nitrogens with zero attached hydrogens (tertiary/aromatic N) is 3. The number of aryl methyl sites for hydroxylation is 2. The molecule has 0 radical (unpaired) electrons. The highest BCUT2D eigenvalue weighted by molar-refractivity contribution is 6.06. The first-order chi connectivity index (χ1) is 11.1. The van der Waals surface area contributed by atoms with E-state index < -0.39 is 10.8 Å². The minimum Gasteiger partial charge on any atom is -0.508 e. The van der Waals surface area contributed by atoms with Crippen molar-refractivity contribution < 1.29 is 14.8 Å². The molecular formula is C16H20N4O4. The number of aromatic hydroxyl groups is 1. The molecule has 2 rings (SSSR count). The average Bonchev–Trinajstić information content (AvgIpc) is 2.77. The van der Waals surface area contributed by atoms with E-state index in [1.165, 1.54) is 11.6 Å². The van der Waals surface area contributed by atoms with Crippen LogP contribution in [0.1, 0.15) is 47.1 Å². The van der Waals surface area contributed by atoms with Crippen molar-refractivity contribution in [1.29, 1.82) is 0 Å². The monoisotopic (exact) mass is 332 g/mol. The second-order valence-corrected chi connectivity index (χ2v) is 6.00. The number of aromatic nitrogens is 2. The molecule has 1 aromatic carbocycles. The van der Waals surface area contributed by atoms with Crippen molar-refractivity contribution in [2.24, 2.45) is 7.05 Å². The second kappa shape index (κ2) is 6.31. The van der Waals surface area contributed by atoms with Crippen LogP contribution < -0.4 is 5.32 Å². The number of nitro groups is 1. The summed E-state index contributed by atoms with van der Waals surface area (Å²) >= 11 is 0. The van der Waals surface area contributed by atoms with Gasteiger partial charge in [-0.25, -0.2) is 0 Å². The first-order valence-corrected chi connectivity index (χ1v) is 7.46. The fourth-order valence-electron chi connectivity index (χ4n) is 2.46. The summed E-state index contributed by atoms with van der Waals surface area (Å²) in [5.74, 6) is -0.443. The van der Waals surface area contributed by atoms with Crippen LogP contribution in [0.25, 0.3) is 0 Å². The third-order valence-corrected chi connectivity index (χ3v) is 3.94. The van der Waals surface area contributed by atoms with Crippen LogP contribution in [0.4, 0.5) is 11.4 Å². The Morgan fingerprint density at radius 2 is 2.00 bits per heavy atom. The summed E-state index contributed by atoms with van der Waals surface area (Å²) < 4.78 is 1.30. The quantitative estimate of drug-likeness (QED) is 0.508. The minimum atomic E-state index is -0.658. The first kappa shape index (κ1) is 17.5. The molecule has 0 aliphatic rings. The summed E-state index contributed by atoms with van der Waals surface area (Å²) in [4.78, 5) is 23.1. The van der Waals surface area contributed by atoms with Crippen LogP contribution in [-0.2, 0) is 7.05 Å². The minimum absolute atomic E-state index is 0.0627. The number of carbonyl (C=O) groups is 1. The van der Waals surface area contributed by atoms with E-state index in [9.17, 15) is 20.0 Å². The van der Waals surface area contributed by atoms with Crippen LogP contribution in [0.5, 0.6) is 5.75 Å². The molecule has 2 aromatic rings. The summed E-state index contributed by atoms with van der Waals surface area (Å²) in [6, 6.07) is 3.23. The summed E-state index contributed by atoms with van der Waals surface area (Å²) in [6.45, 7) is 7.11. The second-order valence-electron chi connectivity index (χ2n) is 6.00. The number of amides is 1. The zero-order valence-corrected chi connectivity index (χ0v) is 14.2. The zero-order chi connectivity index (χ0) is 18.2. The van der Waals surface area contributed by atoms with Crippen molar-refractivity contribution in [2.75, 3.05) is 5.32 Å². The van der Waals surface area contributed by atoms with Crippen molar-refractivity contribution >= 4 is 17.3 Å². The molecule has 1 heterocycles. The zero-order valence-electron chi connectivity index (χ0n) is 14.2. The summed E-state index contributed by atoms with van der Waals surface area (Å²) in [5.41, 5.74) is 1.58. The molecule has 8 nitrogen and oxygen atoms in total. The number of benzene rings is 1. The SMILES string of the molecule is Cc1cc(O)c(C(C)C)cc1NC(=O)c1nn(C)c(C)c1[N+](=O)[O-]. The highest BCUT2D eigenvalue weighted by Gasteiger charge is 2.29. The Morgan fingerprint density at radius 3 is 2.54 bits per heavy atom. The molecular weight excluding hydrogens is 312 g/mol. The van der Waals surface area contributed by atoms with Crippen LogP contribution in [-0.4, -0.2) is 25.7 Å². The van der Waals surface area contributed by atoms with Gasteiger partial charge in [-0.05, 0) is 43.0 Å². The molecule has 0 atom stereocenters. The number of phenols is 1. The first-order valence-electron chi connectivity index (χ1n) is 7.46. The molecule has 0 saturated heterocycles. The summed E-state index contributed by atoms with van der Waals surface area (Å²) in [5, 5.41) is 27.8. The van der Waals surface area contributed by atoms with Gasteiger partial charge >= 0.3 is 5.69 Å². The number of rotatable bonds is 4. The molecule has 128 valence electrons. The predicted molar refractivity (Wildman–Crippen MR) is 89.5 cm³/mol. The molecule has 24 heavy (non-hydrogen) atoms. The average molecular weight is 332 g/mol. The van der Waals surface area contributed by atoms with Gasteiger partial charge < -0.3 is 10.4 Å². The lowest BCUT2D eigenvalue weighted by molar-refractivity contribution is -0.385. The number of anilines is 1. The van der Waals surface area contributed by atoms with Gasteiger partial charge in [0.05, 0.1) is 4.92 Å². The summed E-state index contributed by atoms with van der Waals surface area (Å²) in [6.07, 6.45) is 0. The molecule has 8 heteroatoms. The standard InChI is InChI=1S/C16H20N4O4/c1-8(2)11-7-12(9(3)6-13(11)21)17-16(22)14-15(20(23)24)10(4)19(5)18-14/h6-8,21H,1-5H3,(H,17,22). The lowest BCUT2D eigenvalue weighted by Crippen LogP contribution is -2.15.